The highest BCUT2D eigenvalue weighted by molar-refractivity contribution is 5.24. The molecule has 0 spiro atoms. The lowest BCUT2D eigenvalue weighted by Gasteiger charge is -2.11. The molecule has 2 fully saturated rings. The Bertz CT molecular complexity index is 292. The van der Waals surface area contributed by atoms with Crippen LogP contribution in [0.2, 0.25) is 0 Å². The van der Waals surface area contributed by atoms with Crippen molar-refractivity contribution in [2.75, 3.05) is 13.1 Å². The van der Waals surface area contributed by atoms with E-state index in [1.165, 1.54) is 43.4 Å². The maximum Gasteiger partial charge on any atom is 0.144 e. The molecule has 1 saturated heterocycles. The van der Waals surface area contributed by atoms with Crippen molar-refractivity contribution in [2.45, 2.75) is 43.9 Å². The Morgan fingerprint density at radius 1 is 1.20 bits per heavy atom. The second-order valence-corrected chi connectivity index (χ2v) is 4.82. The molecule has 3 nitrogen and oxygen atoms in total. The summed E-state index contributed by atoms with van der Waals surface area (Å²) >= 11 is 0. The molecule has 0 amide bonds. The molecule has 3 heteroatoms. The highest BCUT2D eigenvalue weighted by Gasteiger charge is 2.28. The van der Waals surface area contributed by atoms with E-state index in [2.05, 4.69) is 10.5 Å². The van der Waals surface area contributed by atoms with Gasteiger partial charge in [-0.15, -0.1) is 0 Å². The summed E-state index contributed by atoms with van der Waals surface area (Å²) in [4.78, 5) is 0. The van der Waals surface area contributed by atoms with E-state index in [0.717, 1.165) is 19.0 Å². The number of aromatic nitrogens is 1. The van der Waals surface area contributed by atoms with Crippen LogP contribution in [0.25, 0.3) is 0 Å². The summed E-state index contributed by atoms with van der Waals surface area (Å²) in [5, 5.41) is 7.40. The first-order valence-electron chi connectivity index (χ1n) is 6.10. The molecule has 1 saturated carbocycles. The van der Waals surface area contributed by atoms with Gasteiger partial charge in [0.25, 0.3) is 0 Å². The Balaban J connectivity index is 1.84. The third kappa shape index (κ3) is 1.69. The van der Waals surface area contributed by atoms with Gasteiger partial charge >= 0.3 is 0 Å². The number of hydrogen-bond acceptors (Lipinski definition) is 3. The summed E-state index contributed by atoms with van der Waals surface area (Å²) in [6, 6.07) is 0. The second kappa shape index (κ2) is 3.97. The average Bonchev–Trinajstić information content (AvgIpc) is 3.01. The molecule has 1 aromatic rings. The Morgan fingerprint density at radius 3 is 2.80 bits per heavy atom. The van der Waals surface area contributed by atoms with E-state index in [1.54, 1.807) is 0 Å². The molecule has 82 valence electrons. The van der Waals surface area contributed by atoms with Gasteiger partial charge in [0.05, 0.1) is 6.20 Å². The van der Waals surface area contributed by atoms with E-state index in [1.807, 2.05) is 6.20 Å². The van der Waals surface area contributed by atoms with Crippen LogP contribution in [0.4, 0.5) is 0 Å². The lowest BCUT2D eigenvalue weighted by Crippen LogP contribution is -2.09. The Morgan fingerprint density at radius 2 is 2.07 bits per heavy atom. The van der Waals surface area contributed by atoms with Crippen molar-refractivity contribution in [3.05, 3.63) is 17.5 Å². The standard InChI is InChI=1S/C12H18N2O/c1-2-4-9(3-1)11-8-14-15-12(11)10-5-6-13-7-10/h8-10,13H,1-7H2. The summed E-state index contributed by atoms with van der Waals surface area (Å²) in [6.07, 6.45) is 8.57. The third-order valence-electron chi connectivity index (χ3n) is 3.85. The molecule has 0 bridgehead atoms. The summed E-state index contributed by atoms with van der Waals surface area (Å²) in [6.45, 7) is 2.18. The van der Waals surface area contributed by atoms with Gasteiger partial charge < -0.3 is 9.84 Å². The molecule has 3 rings (SSSR count). The van der Waals surface area contributed by atoms with Crippen LogP contribution in [0, 0.1) is 0 Å². The van der Waals surface area contributed by atoms with Gasteiger partial charge in [-0.05, 0) is 31.7 Å². The Labute approximate surface area is 90.2 Å². The zero-order valence-corrected chi connectivity index (χ0v) is 9.04. The van der Waals surface area contributed by atoms with Crippen LogP contribution >= 0.6 is 0 Å². The van der Waals surface area contributed by atoms with Crippen LogP contribution in [0.3, 0.4) is 0 Å². The number of hydrogen-bond donors (Lipinski definition) is 1. The number of nitrogens with zero attached hydrogens (tertiary/aromatic N) is 1. The van der Waals surface area contributed by atoms with Gasteiger partial charge in [0.2, 0.25) is 0 Å². The summed E-state index contributed by atoms with van der Waals surface area (Å²) in [7, 11) is 0. The van der Waals surface area contributed by atoms with E-state index < -0.39 is 0 Å². The Hall–Kier alpha value is -0.830. The van der Waals surface area contributed by atoms with Gasteiger partial charge in [-0.3, -0.25) is 0 Å². The third-order valence-corrected chi connectivity index (χ3v) is 3.85. The first-order chi connectivity index (χ1) is 7.45. The van der Waals surface area contributed by atoms with Crippen LogP contribution in [-0.2, 0) is 0 Å². The molecule has 1 unspecified atom stereocenters. The number of nitrogens with one attached hydrogen (secondary N) is 1. The van der Waals surface area contributed by atoms with E-state index in [0.29, 0.717) is 5.92 Å². The molecular weight excluding hydrogens is 188 g/mol. The first-order valence-corrected chi connectivity index (χ1v) is 6.10. The molecule has 1 aliphatic heterocycles. The van der Waals surface area contributed by atoms with Gasteiger partial charge in [0.1, 0.15) is 5.76 Å². The summed E-state index contributed by atoms with van der Waals surface area (Å²) in [5.74, 6) is 2.47. The molecule has 15 heavy (non-hydrogen) atoms. The maximum atomic E-state index is 5.47. The fourth-order valence-corrected chi connectivity index (χ4v) is 2.99. The van der Waals surface area contributed by atoms with Crippen molar-refractivity contribution in [2.24, 2.45) is 0 Å². The van der Waals surface area contributed by atoms with Gasteiger partial charge in [-0.2, -0.15) is 0 Å². The summed E-state index contributed by atoms with van der Waals surface area (Å²) in [5.41, 5.74) is 1.40. The zero-order valence-electron chi connectivity index (χ0n) is 9.04. The highest BCUT2D eigenvalue weighted by Crippen LogP contribution is 2.38. The predicted molar refractivity (Wildman–Crippen MR) is 57.9 cm³/mol. The molecule has 0 aromatic carbocycles. The first kappa shape index (κ1) is 9.40. The maximum absolute atomic E-state index is 5.47. The van der Waals surface area contributed by atoms with Gasteiger partial charge in [0, 0.05) is 18.0 Å². The van der Waals surface area contributed by atoms with E-state index >= 15 is 0 Å². The molecule has 1 atom stereocenters. The molecule has 1 aliphatic carbocycles. The Kier molecular flexibility index (Phi) is 2.49. The van der Waals surface area contributed by atoms with Crippen LogP contribution in [-0.4, -0.2) is 18.2 Å². The average molecular weight is 206 g/mol. The molecular formula is C12H18N2O. The molecule has 2 aliphatic rings. The minimum absolute atomic E-state index is 0.572. The molecule has 0 radical (unpaired) electrons. The quantitative estimate of drug-likeness (QED) is 0.807. The normalized spacial score (nSPS) is 27.6. The van der Waals surface area contributed by atoms with E-state index in [4.69, 9.17) is 4.52 Å². The van der Waals surface area contributed by atoms with E-state index in [9.17, 15) is 0 Å². The highest BCUT2D eigenvalue weighted by atomic mass is 16.5. The summed E-state index contributed by atoms with van der Waals surface area (Å²) < 4.78 is 5.47. The smallest absolute Gasteiger partial charge is 0.144 e. The lowest BCUT2D eigenvalue weighted by molar-refractivity contribution is 0.361. The zero-order chi connectivity index (χ0) is 10.1. The second-order valence-electron chi connectivity index (χ2n) is 4.82. The fraction of sp³-hybridized carbons (Fsp3) is 0.750. The monoisotopic (exact) mass is 206 g/mol. The lowest BCUT2D eigenvalue weighted by atomic mass is 9.93. The number of rotatable bonds is 2. The SMILES string of the molecule is c1noc(C2CCNC2)c1C1CCCC1. The molecule has 1 N–H and O–H groups in total. The minimum Gasteiger partial charge on any atom is -0.361 e. The van der Waals surface area contributed by atoms with Crippen LogP contribution < -0.4 is 5.32 Å². The van der Waals surface area contributed by atoms with Gasteiger partial charge in [0.15, 0.2) is 0 Å². The van der Waals surface area contributed by atoms with Crippen molar-refractivity contribution in [1.82, 2.24) is 10.5 Å². The molecule has 1 aromatic heterocycles. The van der Waals surface area contributed by atoms with Crippen molar-refractivity contribution in [3.8, 4) is 0 Å². The minimum atomic E-state index is 0.572. The van der Waals surface area contributed by atoms with Crippen LogP contribution in [0.5, 0.6) is 0 Å². The van der Waals surface area contributed by atoms with Crippen molar-refractivity contribution in [3.63, 3.8) is 0 Å². The predicted octanol–water partition coefficient (Wildman–Crippen LogP) is 2.41. The van der Waals surface area contributed by atoms with Crippen molar-refractivity contribution < 1.29 is 4.52 Å². The molecule has 2 heterocycles. The largest absolute Gasteiger partial charge is 0.361 e. The van der Waals surface area contributed by atoms with Crippen LogP contribution in [0.15, 0.2) is 10.7 Å². The fourth-order valence-electron chi connectivity index (χ4n) is 2.99. The van der Waals surface area contributed by atoms with Crippen molar-refractivity contribution >= 4 is 0 Å². The topological polar surface area (TPSA) is 38.1 Å². The van der Waals surface area contributed by atoms with Gasteiger partial charge in [-0.25, -0.2) is 0 Å². The van der Waals surface area contributed by atoms with Crippen molar-refractivity contribution in [1.29, 1.82) is 0 Å². The van der Waals surface area contributed by atoms with E-state index in [-0.39, 0.29) is 0 Å². The van der Waals surface area contributed by atoms with Crippen LogP contribution in [0.1, 0.15) is 55.3 Å². The van der Waals surface area contributed by atoms with Gasteiger partial charge in [-0.1, -0.05) is 18.0 Å².